The van der Waals surface area contributed by atoms with Crippen LogP contribution < -0.4 is 15.8 Å². The second-order valence-corrected chi connectivity index (χ2v) is 5.24. The highest BCUT2D eigenvalue weighted by Crippen LogP contribution is 2.27. The Morgan fingerprint density at radius 1 is 1.15 bits per heavy atom. The van der Waals surface area contributed by atoms with Crippen molar-refractivity contribution in [2.75, 3.05) is 0 Å². The van der Waals surface area contributed by atoms with E-state index in [1.165, 1.54) is 0 Å². The van der Waals surface area contributed by atoms with Crippen LogP contribution in [0.4, 0.5) is 4.79 Å². The molecule has 1 aromatic carbocycles. The average molecular weight is 275 g/mol. The molecule has 0 aliphatic heterocycles. The third kappa shape index (κ3) is 3.50. The van der Waals surface area contributed by atoms with Crippen molar-refractivity contribution in [1.82, 2.24) is 5.32 Å². The fraction of sp³-hybridized carbons (Fsp3) is 0.467. The number of para-hydroxylation sites is 1. The first-order valence-corrected chi connectivity index (χ1v) is 7.02. The van der Waals surface area contributed by atoms with Crippen LogP contribution in [0, 0.1) is 5.41 Å². The highest BCUT2D eigenvalue weighted by molar-refractivity contribution is 5.91. The van der Waals surface area contributed by atoms with Gasteiger partial charge in [-0.25, -0.2) is 4.79 Å². The molecule has 0 saturated heterocycles. The molecule has 0 atom stereocenters. The zero-order chi connectivity index (χ0) is 14.4. The zero-order valence-corrected chi connectivity index (χ0v) is 11.5. The monoisotopic (exact) mass is 275 g/mol. The number of nitrogens with two attached hydrogens (primary N) is 1. The van der Waals surface area contributed by atoms with Gasteiger partial charge in [-0.1, -0.05) is 43.9 Å². The van der Waals surface area contributed by atoms with E-state index >= 15 is 0 Å². The largest absolute Gasteiger partial charge is 0.413 e. The van der Waals surface area contributed by atoms with Gasteiger partial charge in [0.2, 0.25) is 0 Å². The summed E-state index contributed by atoms with van der Waals surface area (Å²) in [6.07, 6.45) is 5.01. The molecule has 4 N–H and O–H groups in total. The third-order valence-corrected chi connectivity index (χ3v) is 3.77. The Hall–Kier alpha value is -2.04. The highest BCUT2D eigenvalue weighted by Gasteiger charge is 2.36. The molecule has 0 bridgehead atoms. The Morgan fingerprint density at radius 3 is 2.30 bits per heavy atom. The standard InChI is InChI=1S/C15H21N3O2/c16-13(17)15(10-6-1-2-7-11-15)18-14(19)20-12-8-4-3-5-9-12/h3-5,8-9H,1-2,6-7,10-11H2,(H3,16,17)(H,18,19). The Morgan fingerprint density at radius 2 is 1.75 bits per heavy atom. The number of rotatable bonds is 3. The smallest absolute Gasteiger partial charge is 0.410 e. The number of amides is 1. The summed E-state index contributed by atoms with van der Waals surface area (Å²) >= 11 is 0. The van der Waals surface area contributed by atoms with E-state index in [-0.39, 0.29) is 5.84 Å². The molecule has 0 spiro atoms. The SMILES string of the molecule is N=C(N)C1(NC(=O)Oc2ccccc2)CCCCCC1. The second-order valence-electron chi connectivity index (χ2n) is 5.24. The topological polar surface area (TPSA) is 88.2 Å². The normalized spacial score (nSPS) is 17.8. The molecule has 1 aliphatic rings. The number of benzene rings is 1. The van der Waals surface area contributed by atoms with Crippen LogP contribution >= 0.6 is 0 Å². The number of nitrogens with one attached hydrogen (secondary N) is 2. The van der Waals surface area contributed by atoms with Crippen LogP contribution in [0.3, 0.4) is 0 Å². The average Bonchev–Trinajstić information content (AvgIpc) is 2.66. The van der Waals surface area contributed by atoms with E-state index in [1.807, 2.05) is 6.07 Å². The number of hydrogen-bond acceptors (Lipinski definition) is 3. The van der Waals surface area contributed by atoms with E-state index in [0.29, 0.717) is 18.6 Å². The zero-order valence-electron chi connectivity index (χ0n) is 11.5. The maximum Gasteiger partial charge on any atom is 0.413 e. The van der Waals surface area contributed by atoms with Crippen LogP contribution in [-0.2, 0) is 0 Å². The number of amidine groups is 1. The van der Waals surface area contributed by atoms with Crippen molar-refractivity contribution in [1.29, 1.82) is 5.41 Å². The number of carbonyl (C=O) groups is 1. The molecule has 0 heterocycles. The molecule has 5 nitrogen and oxygen atoms in total. The van der Waals surface area contributed by atoms with Crippen LogP contribution in [0.25, 0.3) is 0 Å². The molecule has 1 saturated carbocycles. The Labute approximate surface area is 119 Å². The second kappa shape index (κ2) is 6.41. The number of ether oxygens (including phenoxy) is 1. The predicted molar refractivity (Wildman–Crippen MR) is 77.9 cm³/mol. The molecular weight excluding hydrogens is 254 g/mol. The van der Waals surface area contributed by atoms with Gasteiger partial charge < -0.3 is 15.8 Å². The van der Waals surface area contributed by atoms with Gasteiger partial charge >= 0.3 is 6.09 Å². The van der Waals surface area contributed by atoms with Gasteiger partial charge in [0.05, 0.1) is 0 Å². The van der Waals surface area contributed by atoms with Crippen LogP contribution in [-0.4, -0.2) is 17.5 Å². The molecule has 20 heavy (non-hydrogen) atoms. The van der Waals surface area contributed by atoms with Crippen LogP contribution in [0.5, 0.6) is 5.75 Å². The van der Waals surface area contributed by atoms with Crippen molar-refractivity contribution in [3.05, 3.63) is 30.3 Å². The van der Waals surface area contributed by atoms with Crippen LogP contribution in [0.1, 0.15) is 38.5 Å². The number of carbonyl (C=O) groups excluding carboxylic acids is 1. The maximum atomic E-state index is 12.0. The van der Waals surface area contributed by atoms with Crippen molar-refractivity contribution in [3.63, 3.8) is 0 Å². The van der Waals surface area contributed by atoms with Gasteiger partial charge in [0.25, 0.3) is 0 Å². The molecular formula is C15H21N3O2. The minimum Gasteiger partial charge on any atom is -0.410 e. The van der Waals surface area contributed by atoms with Crippen molar-refractivity contribution < 1.29 is 9.53 Å². The lowest BCUT2D eigenvalue weighted by atomic mass is 9.89. The fourth-order valence-electron chi connectivity index (χ4n) is 2.61. The number of hydrogen-bond donors (Lipinski definition) is 3. The summed E-state index contributed by atoms with van der Waals surface area (Å²) < 4.78 is 5.23. The van der Waals surface area contributed by atoms with Crippen LogP contribution in [0.2, 0.25) is 0 Å². The van der Waals surface area contributed by atoms with Gasteiger partial charge in [-0.15, -0.1) is 0 Å². The molecule has 2 rings (SSSR count). The lowest BCUT2D eigenvalue weighted by Gasteiger charge is -2.32. The van der Waals surface area contributed by atoms with Gasteiger partial charge in [-0.05, 0) is 25.0 Å². The minimum absolute atomic E-state index is 0.0180. The van der Waals surface area contributed by atoms with Gasteiger partial charge in [0.15, 0.2) is 0 Å². The van der Waals surface area contributed by atoms with E-state index in [2.05, 4.69) is 5.32 Å². The van der Waals surface area contributed by atoms with E-state index in [1.54, 1.807) is 24.3 Å². The molecule has 1 aromatic rings. The summed E-state index contributed by atoms with van der Waals surface area (Å²) in [7, 11) is 0. The van der Waals surface area contributed by atoms with Gasteiger partial charge in [0.1, 0.15) is 17.1 Å². The van der Waals surface area contributed by atoms with Gasteiger partial charge in [-0.3, -0.25) is 5.41 Å². The molecule has 1 fully saturated rings. The molecule has 0 aromatic heterocycles. The van der Waals surface area contributed by atoms with E-state index in [0.717, 1.165) is 25.7 Å². The third-order valence-electron chi connectivity index (χ3n) is 3.77. The van der Waals surface area contributed by atoms with E-state index in [4.69, 9.17) is 15.9 Å². The Kier molecular flexibility index (Phi) is 4.61. The summed E-state index contributed by atoms with van der Waals surface area (Å²) in [4.78, 5) is 12.0. The molecule has 5 heteroatoms. The summed E-state index contributed by atoms with van der Waals surface area (Å²) in [6, 6.07) is 8.89. The van der Waals surface area contributed by atoms with Crippen molar-refractivity contribution in [2.24, 2.45) is 5.73 Å². The summed E-state index contributed by atoms with van der Waals surface area (Å²) in [5.74, 6) is 0.502. The quantitative estimate of drug-likeness (QED) is 0.450. The van der Waals surface area contributed by atoms with Gasteiger partial charge in [0, 0.05) is 0 Å². The maximum absolute atomic E-state index is 12.0. The summed E-state index contributed by atoms with van der Waals surface area (Å²) in [5.41, 5.74) is 4.98. The predicted octanol–water partition coefficient (Wildman–Crippen LogP) is 2.80. The minimum atomic E-state index is -0.748. The molecule has 0 unspecified atom stereocenters. The Bertz CT molecular complexity index is 465. The lowest BCUT2D eigenvalue weighted by molar-refractivity contribution is 0.189. The summed E-state index contributed by atoms with van der Waals surface area (Å²) in [5, 5.41) is 10.6. The summed E-state index contributed by atoms with van der Waals surface area (Å²) in [6.45, 7) is 0. The molecule has 1 aliphatic carbocycles. The lowest BCUT2D eigenvalue weighted by Crippen LogP contribution is -2.57. The van der Waals surface area contributed by atoms with Crippen molar-refractivity contribution in [3.8, 4) is 5.75 Å². The fourth-order valence-corrected chi connectivity index (χ4v) is 2.61. The first kappa shape index (κ1) is 14.4. The Balaban J connectivity index is 2.04. The molecule has 1 amide bonds. The van der Waals surface area contributed by atoms with E-state index < -0.39 is 11.6 Å². The van der Waals surface area contributed by atoms with E-state index in [9.17, 15) is 4.79 Å². The molecule has 0 radical (unpaired) electrons. The highest BCUT2D eigenvalue weighted by atomic mass is 16.6. The van der Waals surface area contributed by atoms with Crippen molar-refractivity contribution in [2.45, 2.75) is 44.1 Å². The van der Waals surface area contributed by atoms with Gasteiger partial charge in [-0.2, -0.15) is 0 Å². The first-order chi connectivity index (χ1) is 9.62. The first-order valence-electron chi connectivity index (χ1n) is 7.02. The molecule has 108 valence electrons. The van der Waals surface area contributed by atoms with Crippen molar-refractivity contribution >= 4 is 11.9 Å². The van der Waals surface area contributed by atoms with Crippen LogP contribution in [0.15, 0.2) is 30.3 Å².